The van der Waals surface area contributed by atoms with Crippen LogP contribution in [0, 0.1) is 15.5 Å². The summed E-state index contributed by atoms with van der Waals surface area (Å²) in [5.41, 5.74) is 0.464. The van der Waals surface area contributed by atoms with Crippen LogP contribution < -0.4 is 0 Å². The lowest BCUT2D eigenvalue weighted by molar-refractivity contribution is -0.384. The first-order valence-electron chi connectivity index (χ1n) is 7.10. The zero-order chi connectivity index (χ0) is 15.5. The second-order valence-electron chi connectivity index (χ2n) is 5.92. The summed E-state index contributed by atoms with van der Waals surface area (Å²) in [7, 11) is 0. The molecule has 1 aromatic rings. The Labute approximate surface area is 123 Å². The van der Waals surface area contributed by atoms with Gasteiger partial charge in [-0.3, -0.25) is 14.9 Å². The lowest BCUT2D eigenvalue weighted by Gasteiger charge is -2.37. The SMILES string of the molecule is CC1(C(=O)O)CCCN(CCc2ccc([N+](=O)[O-])cc2)C1. The van der Waals surface area contributed by atoms with E-state index in [1.165, 1.54) is 12.1 Å². The highest BCUT2D eigenvalue weighted by Gasteiger charge is 2.37. The summed E-state index contributed by atoms with van der Waals surface area (Å²) in [6, 6.07) is 6.54. The van der Waals surface area contributed by atoms with Crippen LogP contribution in [0.15, 0.2) is 24.3 Å². The van der Waals surface area contributed by atoms with Crippen molar-refractivity contribution in [3.8, 4) is 0 Å². The first-order chi connectivity index (χ1) is 9.90. The Morgan fingerprint density at radius 1 is 1.43 bits per heavy atom. The van der Waals surface area contributed by atoms with Crippen LogP contribution in [0.25, 0.3) is 0 Å². The van der Waals surface area contributed by atoms with Gasteiger partial charge in [-0.2, -0.15) is 0 Å². The first kappa shape index (κ1) is 15.4. The van der Waals surface area contributed by atoms with Crippen LogP contribution in [0.3, 0.4) is 0 Å². The van der Waals surface area contributed by atoms with Gasteiger partial charge in [0.25, 0.3) is 5.69 Å². The molecule has 0 bridgehead atoms. The number of aliphatic carboxylic acids is 1. The van der Waals surface area contributed by atoms with Crippen LogP contribution in [0.2, 0.25) is 0 Å². The molecule has 21 heavy (non-hydrogen) atoms. The second kappa shape index (κ2) is 6.22. The Bertz CT molecular complexity index is 529. The Balaban J connectivity index is 1.90. The molecule has 2 rings (SSSR count). The van der Waals surface area contributed by atoms with E-state index in [4.69, 9.17) is 0 Å². The minimum Gasteiger partial charge on any atom is -0.481 e. The van der Waals surface area contributed by atoms with Crippen LogP contribution in [-0.4, -0.2) is 40.5 Å². The number of piperidine rings is 1. The molecule has 1 fully saturated rings. The molecule has 0 aromatic heterocycles. The predicted molar refractivity (Wildman–Crippen MR) is 78.2 cm³/mol. The van der Waals surface area contributed by atoms with Crippen molar-refractivity contribution >= 4 is 11.7 Å². The van der Waals surface area contributed by atoms with E-state index in [0.29, 0.717) is 6.54 Å². The molecule has 6 heteroatoms. The van der Waals surface area contributed by atoms with Gasteiger partial charge < -0.3 is 10.0 Å². The van der Waals surface area contributed by atoms with E-state index < -0.39 is 16.3 Å². The fourth-order valence-electron chi connectivity index (χ4n) is 2.78. The van der Waals surface area contributed by atoms with Gasteiger partial charge in [-0.1, -0.05) is 12.1 Å². The summed E-state index contributed by atoms with van der Waals surface area (Å²) in [6.07, 6.45) is 2.38. The molecule has 1 aromatic carbocycles. The summed E-state index contributed by atoms with van der Waals surface area (Å²) < 4.78 is 0. The van der Waals surface area contributed by atoms with Gasteiger partial charge in [0.1, 0.15) is 0 Å². The van der Waals surface area contributed by atoms with Crippen molar-refractivity contribution in [1.29, 1.82) is 0 Å². The average molecular weight is 292 g/mol. The van der Waals surface area contributed by atoms with E-state index in [9.17, 15) is 20.0 Å². The van der Waals surface area contributed by atoms with Crippen LogP contribution in [0.4, 0.5) is 5.69 Å². The number of non-ortho nitro benzene ring substituents is 1. The molecule has 1 atom stereocenters. The number of nitro benzene ring substituents is 1. The summed E-state index contributed by atoms with van der Waals surface area (Å²) in [6.45, 7) is 4.05. The molecule has 1 aliphatic rings. The summed E-state index contributed by atoms with van der Waals surface area (Å²) in [4.78, 5) is 23.7. The fourth-order valence-corrected chi connectivity index (χ4v) is 2.78. The maximum absolute atomic E-state index is 11.3. The Morgan fingerprint density at radius 2 is 2.10 bits per heavy atom. The summed E-state index contributed by atoms with van der Waals surface area (Å²) in [5.74, 6) is -0.734. The zero-order valence-corrected chi connectivity index (χ0v) is 12.1. The molecule has 114 valence electrons. The number of likely N-dealkylation sites (tertiary alicyclic amines) is 1. The van der Waals surface area contributed by atoms with E-state index in [1.807, 2.05) is 0 Å². The maximum Gasteiger partial charge on any atom is 0.310 e. The lowest BCUT2D eigenvalue weighted by atomic mass is 9.82. The molecular formula is C15H20N2O4. The summed E-state index contributed by atoms with van der Waals surface area (Å²) in [5, 5.41) is 19.9. The van der Waals surface area contributed by atoms with Gasteiger partial charge in [0.2, 0.25) is 0 Å². The van der Waals surface area contributed by atoms with Gasteiger partial charge >= 0.3 is 5.97 Å². The highest BCUT2D eigenvalue weighted by molar-refractivity contribution is 5.74. The quantitative estimate of drug-likeness (QED) is 0.665. The number of rotatable bonds is 5. The number of carboxylic acid groups (broad SMARTS) is 1. The largest absolute Gasteiger partial charge is 0.481 e. The monoisotopic (exact) mass is 292 g/mol. The van der Waals surface area contributed by atoms with E-state index >= 15 is 0 Å². The molecule has 1 saturated heterocycles. The molecule has 0 radical (unpaired) electrons. The molecule has 0 spiro atoms. The van der Waals surface area contributed by atoms with Gasteiger partial charge in [0, 0.05) is 25.2 Å². The molecular weight excluding hydrogens is 272 g/mol. The summed E-state index contributed by atoms with van der Waals surface area (Å²) >= 11 is 0. The number of nitro groups is 1. The number of carboxylic acids is 1. The van der Waals surface area contributed by atoms with Crippen LogP contribution >= 0.6 is 0 Å². The van der Waals surface area contributed by atoms with Gasteiger partial charge in [0.05, 0.1) is 10.3 Å². The third kappa shape index (κ3) is 3.78. The Morgan fingerprint density at radius 3 is 2.67 bits per heavy atom. The number of benzene rings is 1. The zero-order valence-electron chi connectivity index (χ0n) is 12.1. The predicted octanol–water partition coefficient (Wildman–Crippen LogP) is 2.32. The lowest BCUT2D eigenvalue weighted by Crippen LogP contribution is -2.46. The van der Waals surface area contributed by atoms with E-state index in [2.05, 4.69) is 4.90 Å². The number of hydrogen-bond donors (Lipinski definition) is 1. The second-order valence-corrected chi connectivity index (χ2v) is 5.92. The van der Waals surface area contributed by atoms with Crippen molar-refractivity contribution in [2.75, 3.05) is 19.6 Å². The van der Waals surface area contributed by atoms with Crippen molar-refractivity contribution < 1.29 is 14.8 Å². The molecule has 6 nitrogen and oxygen atoms in total. The van der Waals surface area contributed by atoms with Crippen molar-refractivity contribution in [3.63, 3.8) is 0 Å². The smallest absolute Gasteiger partial charge is 0.310 e. The first-order valence-corrected chi connectivity index (χ1v) is 7.10. The topological polar surface area (TPSA) is 83.7 Å². The van der Waals surface area contributed by atoms with Gasteiger partial charge in [-0.25, -0.2) is 0 Å². The number of carbonyl (C=O) groups is 1. The van der Waals surface area contributed by atoms with Crippen LogP contribution in [0.1, 0.15) is 25.3 Å². The van der Waals surface area contributed by atoms with Crippen molar-refractivity contribution in [2.45, 2.75) is 26.2 Å². The van der Waals surface area contributed by atoms with E-state index in [0.717, 1.165) is 37.9 Å². The Kier molecular flexibility index (Phi) is 4.57. The number of nitrogens with zero attached hydrogens (tertiary/aromatic N) is 2. The van der Waals surface area contributed by atoms with Crippen molar-refractivity contribution in [2.24, 2.45) is 5.41 Å². The van der Waals surface area contributed by atoms with E-state index in [1.54, 1.807) is 19.1 Å². The highest BCUT2D eigenvalue weighted by atomic mass is 16.6. The van der Waals surface area contributed by atoms with Gasteiger partial charge in [0.15, 0.2) is 0 Å². The average Bonchev–Trinajstić information content (AvgIpc) is 2.45. The minimum atomic E-state index is -0.734. The molecule has 0 amide bonds. The van der Waals surface area contributed by atoms with Crippen molar-refractivity contribution in [3.05, 3.63) is 39.9 Å². The molecule has 0 saturated carbocycles. The molecule has 1 unspecified atom stereocenters. The van der Waals surface area contributed by atoms with E-state index in [-0.39, 0.29) is 5.69 Å². The van der Waals surface area contributed by atoms with Crippen LogP contribution in [0.5, 0.6) is 0 Å². The number of hydrogen-bond acceptors (Lipinski definition) is 4. The fraction of sp³-hybridized carbons (Fsp3) is 0.533. The molecule has 1 N–H and O–H groups in total. The Hall–Kier alpha value is -1.95. The standard InChI is InChI=1S/C15H20N2O4/c1-15(14(18)19)8-2-9-16(11-15)10-7-12-3-5-13(6-4-12)17(20)21/h3-6H,2,7-11H2,1H3,(H,18,19). The molecule has 1 aliphatic heterocycles. The minimum absolute atomic E-state index is 0.0928. The molecule has 0 aliphatic carbocycles. The maximum atomic E-state index is 11.3. The molecule has 1 heterocycles. The third-order valence-electron chi connectivity index (χ3n) is 4.16. The normalized spacial score (nSPS) is 22.9. The van der Waals surface area contributed by atoms with Crippen LogP contribution in [-0.2, 0) is 11.2 Å². The van der Waals surface area contributed by atoms with Gasteiger partial charge in [-0.05, 0) is 38.3 Å². The highest BCUT2D eigenvalue weighted by Crippen LogP contribution is 2.29. The van der Waals surface area contributed by atoms with Gasteiger partial charge in [-0.15, -0.1) is 0 Å². The van der Waals surface area contributed by atoms with Crippen molar-refractivity contribution in [1.82, 2.24) is 4.90 Å². The third-order valence-corrected chi connectivity index (χ3v) is 4.16.